The summed E-state index contributed by atoms with van der Waals surface area (Å²) in [5.41, 5.74) is 5.65. The lowest BCUT2D eigenvalue weighted by atomic mass is 9.93. The summed E-state index contributed by atoms with van der Waals surface area (Å²) in [6.07, 6.45) is 2.77. The zero-order chi connectivity index (χ0) is 13.2. The molecule has 2 N–H and O–H groups in total. The Balaban J connectivity index is 2.15. The molecule has 18 heavy (non-hydrogen) atoms. The number of sulfone groups is 1. The second-order valence-corrected chi connectivity index (χ2v) is 7.95. The van der Waals surface area contributed by atoms with Gasteiger partial charge in [0.15, 0.2) is 9.84 Å². The molecule has 1 unspecified atom stereocenters. The number of rotatable bonds is 2. The van der Waals surface area contributed by atoms with E-state index in [1.165, 1.54) is 0 Å². The van der Waals surface area contributed by atoms with Crippen molar-refractivity contribution in [2.75, 3.05) is 51.3 Å². The molecule has 0 bridgehead atoms. The molecule has 2 fully saturated rings. The fourth-order valence-electron chi connectivity index (χ4n) is 3.24. The minimum Gasteiger partial charge on any atom is -0.329 e. The molecule has 6 heteroatoms. The van der Waals surface area contributed by atoms with Crippen LogP contribution in [0.5, 0.6) is 0 Å². The van der Waals surface area contributed by atoms with Gasteiger partial charge >= 0.3 is 0 Å². The Bertz CT molecular complexity index is 385. The number of hydrogen-bond donors (Lipinski definition) is 1. The Labute approximate surface area is 110 Å². The van der Waals surface area contributed by atoms with E-state index in [2.05, 4.69) is 16.8 Å². The van der Waals surface area contributed by atoms with Gasteiger partial charge in [-0.2, -0.15) is 0 Å². The fraction of sp³-hybridized carbons (Fsp3) is 1.00. The smallest absolute Gasteiger partial charge is 0.152 e. The van der Waals surface area contributed by atoms with E-state index in [0.29, 0.717) is 12.3 Å². The predicted molar refractivity (Wildman–Crippen MR) is 73.4 cm³/mol. The highest BCUT2D eigenvalue weighted by Gasteiger charge is 2.42. The standard InChI is InChI=1S/C12H25N3O2S/c1-14-5-3-6-15(8-7-14)12(10-13)4-2-9-18(16,17)11-12/h2-11,13H2,1H3. The molecule has 0 aromatic rings. The monoisotopic (exact) mass is 275 g/mol. The molecule has 106 valence electrons. The predicted octanol–water partition coefficient (Wildman–Crippen LogP) is -0.470. The van der Waals surface area contributed by atoms with E-state index in [0.717, 1.165) is 45.4 Å². The number of likely N-dealkylation sites (N-methyl/N-ethyl adjacent to an activating group) is 1. The summed E-state index contributed by atoms with van der Waals surface area (Å²) in [5, 5.41) is 0. The lowest BCUT2D eigenvalue weighted by Crippen LogP contribution is -2.60. The number of nitrogens with zero attached hydrogens (tertiary/aromatic N) is 2. The van der Waals surface area contributed by atoms with E-state index < -0.39 is 9.84 Å². The molecular formula is C12H25N3O2S. The van der Waals surface area contributed by atoms with Crippen molar-refractivity contribution in [2.45, 2.75) is 24.8 Å². The van der Waals surface area contributed by atoms with Gasteiger partial charge in [-0.1, -0.05) is 0 Å². The molecule has 5 nitrogen and oxygen atoms in total. The molecule has 2 saturated heterocycles. The van der Waals surface area contributed by atoms with Crippen LogP contribution in [0, 0.1) is 0 Å². The lowest BCUT2D eigenvalue weighted by molar-refractivity contribution is 0.105. The highest BCUT2D eigenvalue weighted by molar-refractivity contribution is 7.91. The fourth-order valence-corrected chi connectivity index (χ4v) is 5.23. The van der Waals surface area contributed by atoms with Gasteiger partial charge in [0.1, 0.15) is 0 Å². The first-order valence-electron chi connectivity index (χ1n) is 6.82. The molecule has 2 heterocycles. The van der Waals surface area contributed by atoms with E-state index in [9.17, 15) is 8.42 Å². The van der Waals surface area contributed by atoms with Crippen LogP contribution in [0.2, 0.25) is 0 Å². The molecule has 0 spiro atoms. The van der Waals surface area contributed by atoms with E-state index in [-0.39, 0.29) is 11.3 Å². The molecule has 2 aliphatic rings. The van der Waals surface area contributed by atoms with Gasteiger partial charge in [-0.05, 0) is 32.9 Å². The maximum absolute atomic E-state index is 11.9. The highest BCUT2D eigenvalue weighted by Crippen LogP contribution is 2.29. The van der Waals surface area contributed by atoms with Crippen molar-refractivity contribution in [2.24, 2.45) is 5.73 Å². The third kappa shape index (κ3) is 3.04. The van der Waals surface area contributed by atoms with Crippen LogP contribution >= 0.6 is 0 Å². The summed E-state index contributed by atoms with van der Waals surface area (Å²) < 4.78 is 23.9. The molecule has 0 aromatic carbocycles. The van der Waals surface area contributed by atoms with E-state index >= 15 is 0 Å². The Kier molecular flexibility index (Phi) is 4.31. The summed E-state index contributed by atoms with van der Waals surface area (Å²) in [6.45, 7) is 4.45. The Morgan fingerprint density at radius 3 is 2.61 bits per heavy atom. The molecule has 2 aliphatic heterocycles. The van der Waals surface area contributed by atoms with Gasteiger partial charge in [0.05, 0.1) is 11.5 Å². The van der Waals surface area contributed by atoms with Gasteiger partial charge in [0.25, 0.3) is 0 Å². The van der Waals surface area contributed by atoms with Gasteiger partial charge in [-0.3, -0.25) is 4.90 Å². The minimum absolute atomic E-state index is 0.250. The van der Waals surface area contributed by atoms with Crippen molar-refractivity contribution in [3.63, 3.8) is 0 Å². The Morgan fingerprint density at radius 1 is 1.17 bits per heavy atom. The first kappa shape index (κ1) is 14.2. The summed E-state index contributed by atoms with van der Waals surface area (Å²) in [6, 6.07) is 0. The second kappa shape index (κ2) is 5.45. The number of nitrogens with two attached hydrogens (primary N) is 1. The van der Waals surface area contributed by atoms with Crippen molar-refractivity contribution in [1.29, 1.82) is 0 Å². The van der Waals surface area contributed by atoms with Crippen LogP contribution in [0.15, 0.2) is 0 Å². The van der Waals surface area contributed by atoms with Crippen molar-refractivity contribution in [1.82, 2.24) is 9.80 Å². The average Bonchev–Trinajstić information content (AvgIpc) is 2.53. The molecule has 0 saturated carbocycles. The van der Waals surface area contributed by atoms with Crippen LogP contribution in [0.25, 0.3) is 0 Å². The molecule has 0 amide bonds. The van der Waals surface area contributed by atoms with E-state index in [4.69, 9.17) is 5.73 Å². The quantitative estimate of drug-likeness (QED) is 0.738. The molecule has 2 rings (SSSR count). The molecule has 0 aromatic heterocycles. The highest BCUT2D eigenvalue weighted by atomic mass is 32.2. The van der Waals surface area contributed by atoms with Gasteiger partial charge in [-0.15, -0.1) is 0 Å². The summed E-state index contributed by atoms with van der Waals surface area (Å²) in [7, 11) is -0.791. The van der Waals surface area contributed by atoms with Gasteiger partial charge in [-0.25, -0.2) is 8.42 Å². The maximum Gasteiger partial charge on any atom is 0.152 e. The first-order chi connectivity index (χ1) is 8.47. The largest absolute Gasteiger partial charge is 0.329 e. The molecule has 1 atom stereocenters. The zero-order valence-electron chi connectivity index (χ0n) is 11.3. The summed E-state index contributed by atoms with van der Waals surface area (Å²) >= 11 is 0. The zero-order valence-corrected chi connectivity index (χ0v) is 12.1. The van der Waals surface area contributed by atoms with Crippen molar-refractivity contribution in [3.05, 3.63) is 0 Å². The lowest BCUT2D eigenvalue weighted by Gasteiger charge is -2.45. The van der Waals surface area contributed by atoms with Gasteiger partial charge in [0, 0.05) is 31.7 Å². The van der Waals surface area contributed by atoms with Crippen LogP contribution < -0.4 is 5.73 Å². The third-order valence-electron chi connectivity index (χ3n) is 4.36. The van der Waals surface area contributed by atoms with Crippen LogP contribution in [0.3, 0.4) is 0 Å². The topological polar surface area (TPSA) is 66.6 Å². The van der Waals surface area contributed by atoms with Crippen LogP contribution in [0.1, 0.15) is 19.3 Å². The van der Waals surface area contributed by atoms with Crippen molar-refractivity contribution >= 4 is 9.84 Å². The molecule has 0 radical (unpaired) electrons. The average molecular weight is 275 g/mol. The summed E-state index contributed by atoms with van der Waals surface area (Å²) in [5.74, 6) is 0.586. The maximum atomic E-state index is 11.9. The van der Waals surface area contributed by atoms with Crippen LogP contribution in [-0.4, -0.2) is 75.0 Å². The molecular weight excluding hydrogens is 250 g/mol. The summed E-state index contributed by atoms with van der Waals surface area (Å²) in [4.78, 5) is 4.65. The SMILES string of the molecule is CN1CCCN(C2(CN)CCCS(=O)(=O)C2)CC1. The third-order valence-corrected chi connectivity index (χ3v) is 6.24. The normalized spacial score (nSPS) is 35.2. The minimum atomic E-state index is -2.91. The van der Waals surface area contributed by atoms with Gasteiger partial charge < -0.3 is 10.6 Å². The first-order valence-corrected chi connectivity index (χ1v) is 8.64. The van der Waals surface area contributed by atoms with E-state index in [1.54, 1.807) is 0 Å². The Hall–Kier alpha value is -0.170. The Morgan fingerprint density at radius 2 is 1.94 bits per heavy atom. The second-order valence-electron chi connectivity index (χ2n) is 5.77. The van der Waals surface area contributed by atoms with Gasteiger partial charge in [0.2, 0.25) is 0 Å². The van der Waals surface area contributed by atoms with Crippen LogP contribution in [0.4, 0.5) is 0 Å². The van der Waals surface area contributed by atoms with Crippen molar-refractivity contribution in [3.8, 4) is 0 Å². The number of hydrogen-bond acceptors (Lipinski definition) is 5. The van der Waals surface area contributed by atoms with E-state index in [1.807, 2.05) is 0 Å². The molecule has 0 aliphatic carbocycles. The van der Waals surface area contributed by atoms with Crippen LogP contribution in [-0.2, 0) is 9.84 Å². The van der Waals surface area contributed by atoms with Crippen molar-refractivity contribution < 1.29 is 8.42 Å².